The van der Waals surface area contributed by atoms with Gasteiger partial charge >= 0.3 is 41.5 Å². The van der Waals surface area contributed by atoms with Gasteiger partial charge in [0.1, 0.15) is 10.1 Å². The molecule has 0 aliphatic rings. The molecule has 7 nitrogen and oxygen atoms in total. The molecule has 0 aromatic heterocycles. The molecular formula is C20H33NaO7S. The summed E-state index contributed by atoms with van der Waals surface area (Å²) in [6.07, 6.45) is 7.17. The van der Waals surface area contributed by atoms with E-state index in [0.29, 0.717) is 0 Å². The normalized spacial score (nSPS) is 14.0. The van der Waals surface area contributed by atoms with Gasteiger partial charge in [0.15, 0.2) is 5.25 Å². The summed E-state index contributed by atoms with van der Waals surface area (Å²) in [5.41, 5.74) is 0. The van der Waals surface area contributed by atoms with Crippen LogP contribution in [0.15, 0.2) is 25.3 Å². The fraction of sp³-hybridized carbons (Fsp3) is 0.700. The summed E-state index contributed by atoms with van der Waals surface area (Å²) in [4.78, 5) is 24.1. The standard InChI is InChI=1S/C20H34O7S.Na/c1-5-9-11-16(7-3)14-26-19(21)13-18(28(23,24)25)20(22)27-15-17(8-4)12-10-6-2;/h5-6,16-18H,1-2,7-15H2,3-4H3,(H,23,24,25);/q;+1/p-1/t16-,17+,18?;/m0./s1. The number of ether oxygens (including phenoxy) is 2. The van der Waals surface area contributed by atoms with Crippen molar-refractivity contribution in [2.75, 3.05) is 13.2 Å². The van der Waals surface area contributed by atoms with E-state index in [1.165, 1.54) is 0 Å². The monoisotopic (exact) mass is 440 g/mol. The Morgan fingerprint density at radius 1 is 0.966 bits per heavy atom. The van der Waals surface area contributed by atoms with Crippen molar-refractivity contribution in [1.82, 2.24) is 0 Å². The van der Waals surface area contributed by atoms with E-state index in [1.54, 1.807) is 12.2 Å². The Bertz CT molecular complexity index is 604. The SMILES string of the molecule is C=CCC[C@@H](CC)COC(=O)C(CC(=O)OC[C@@H](CC)CCC=C)S(=O)(=O)[O-].[Na+]. The van der Waals surface area contributed by atoms with Crippen LogP contribution in [0.3, 0.4) is 0 Å². The maximum absolute atomic E-state index is 12.1. The number of hydrogen-bond acceptors (Lipinski definition) is 7. The van der Waals surface area contributed by atoms with E-state index in [2.05, 4.69) is 13.2 Å². The van der Waals surface area contributed by atoms with Crippen LogP contribution < -0.4 is 29.6 Å². The first-order valence-corrected chi connectivity index (χ1v) is 11.1. The van der Waals surface area contributed by atoms with Gasteiger partial charge in [0.2, 0.25) is 0 Å². The van der Waals surface area contributed by atoms with Gasteiger partial charge in [-0.15, -0.1) is 13.2 Å². The van der Waals surface area contributed by atoms with Gasteiger partial charge in [-0.2, -0.15) is 0 Å². The molecule has 0 fully saturated rings. The van der Waals surface area contributed by atoms with Crippen LogP contribution in [-0.4, -0.2) is 43.4 Å². The fourth-order valence-electron chi connectivity index (χ4n) is 2.53. The molecule has 0 saturated heterocycles. The quantitative estimate of drug-likeness (QED) is 0.148. The number of allylic oxidation sites excluding steroid dienone is 2. The third kappa shape index (κ3) is 14.0. The number of carbonyl (C=O) groups excluding carboxylic acids is 2. The van der Waals surface area contributed by atoms with Gasteiger partial charge in [0.25, 0.3) is 0 Å². The molecule has 0 bridgehead atoms. The van der Waals surface area contributed by atoms with Crippen molar-refractivity contribution in [3.05, 3.63) is 25.3 Å². The molecule has 0 aromatic carbocycles. The Morgan fingerprint density at radius 2 is 1.41 bits per heavy atom. The first-order chi connectivity index (χ1) is 13.2. The van der Waals surface area contributed by atoms with E-state index < -0.39 is 33.7 Å². The van der Waals surface area contributed by atoms with Gasteiger partial charge < -0.3 is 14.0 Å². The van der Waals surface area contributed by atoms with E-state index in [-0.39, 0.29) is 54.6 Å². The second-order valence-electron chi connectivity index (χ2n) is 6.78. The maximum atomic E-state index is 12.1. The van der Waals surface area contributed by atoms with Crippen LogP contribution in [0.25, 0.3) is 0 Å². The summed E-state index contributed by atoms with van der Waals surface area (Å²) >= 11 is 0. The summed E-state index contributed by atoms with van der Waals surface area (Å²) < 4.78 is 44.4. The molecule has 0 heterocycles. The van der Waals surface area contributed by atoms with Crippen molar-refractivity contribution in [3.8, 4) is 0 Å². The minimum Gasteiger partial charge on any atom is -0.747 e. The van der Waals surface area contributed by atoms with E-state index in [9.17, 15) is 22.6 Å². The van der Waals surface area contributed by atoms with Crippen LogP contribution in [0, 0.1) is 11.8 Å². The van der Waals surface area contributed by atoms with E-state index in [0.717, 1.165) is 38.5 Å². The predicted molar refractivity (Wildman–Crippen MR) is 106 cm³/mol. The molecule has 9 heteroatoms. The zero-order valence-corrected chi connectivity index (χ0v) is 20.7. The molecule has 162 valence electrons. The Morgan fingerprint density at radius 3 is 1.79 bits per heavy atom. The smallest absolute Gasteiger partial charge is 0.747 e. The maximum Gasteiger partial charge on any atom is 1.00 e. The Labute approximate surface area is 197 Å². The third-order valence-electron chi connectivity index (χ3n) is 4.62. The van der Waals surface area contributed by atoms with Crippen LogP contribution >= 0.6 is 0 Å². The van der Waals surface area contributed by atoms with E-state index in [4.69, 9.17) is 9.47 Å². The topological polar surface area (TPSA) is 110 Å². The van der Waals surface area contributed by atoms with Gasteiger partial charge in [-0.1, -0.05) is 38.8 Å². The van der Waals surface area contributed by atoms with Gasteiger partial charge in [-0.25, -0.2) is 8.42 Å². The van der Waals surface area contributed by atoms with Crippen molar-refractivity contribution in [2.24, 2.45) is 11.8 Å². The first-order valence-electron chi connectivity index (χ1n) is 9.68. The van der Waals surface area contributed by atoms with Crippen molar-refractivity contribution in [1.29, 1.82) is 0 Å². The summed E-state index contributed by atoms with van der Waals surface area (Å²) in [5.74, 6) is -1.98. The van der Waals surface area contributed by atoms with Gasteiger partial charge in [0, 0.05) is 0 Å². The molecule has 0 radical (unpaired) electrons. The Balaban J connectivity index is 0. The largest absolute Gasteiger partial charge is 1.00 e. The molecular weight excluding hydrogens is 407 g/mol. The number of esters is 2. The van der Waals surface area contributed by atoms with Crippen molar-refractivity contribution in [3.63, 3.8) is 0 Å². The van der Waals surface area contributed by atoms with Gasteiger partial charge in [-0.05, 0) is 37.5 Å². The summed E-state index contributed by atoms with van der Waals surface area (Å²) in [7, 11) is -5.04. The molecule has 0 saturated carbocycles. The molecule has 0 aliphatic heterocycles. The van der Waals surface area contributed by atoms with Crippen molar-refractivity contribution in [2.45, 2.75) is 64.0 Å². The predicted octanol–water partition coefficient (Wildman–Crippen LogP) is 0.366. The molecule has 0 spiro atoms. The Hall–Kier alpha value is -0.670. The molecule has 0 amide bonds. The van der Waals surface area contributed by atoms with E-state index in [1.807, 2.05) is 13.8 Å². The molecule has 0 N–H and O–H groups in total. The molecule has 1 unspecified atom stereocenters. The summed E-state index contributed by atoms with van der Waals surface area (Å²) in [6, 6.07) is 0. The fourth-order valence-corrected chi connectivity index (χ4v) is 3.18. The van der Waals surface area contributed by atoms with Crippen molar-refractivity contribution < 1.29 is 61.6 Å². The number of rotatable bonds is 16. The van der Waals surface area contributed by atoms with Gasteiger partial charge in [-0.3, -0.25) is 9.59 Å². The summed E-state index contributed by atoms with van der Waals surface area (Å²) in [5, 5.41) is -2.09. The first kappa shape index (κ1) is 30.5. The minimum absolute atomic E-state index is 0. The van der Waals surface area contributed by atoms with Crippen molar-refractivity contribution >= 4 is 22.1 Å². The summed E-state index contributed by atoms with van der Waals surface area (Å²) in [6.45, 7) is 11.2. The van der Waals surface area contributed by atoms with Crippen LogP contribution in [0.4, 0.5) is 0 Å². The zero-order valence-electron chi connectivity index (χ0n) is 17.9. The molecule has 3 atom stereocenters. The number of hydrogen-bond donors (Lipinski definition) is 0. The Kier molecular flexibility index (Phi) is 18.0. The molecule has 29 heavy (non-hydrogen) atoms. The van der Waals surface area contributed by atoms with Crippen LogP contribution in [0.2, 0.25) is 0 Å². The molecule has 0 rings (SSSR count). The zero-order chi connectivity index (χ0) is 21.6. The minimum atomic E-state index is -5.04. The molecule has 0 aliphatic carbocycles. The number of carbonyl (C=O) groups is 2. The van der Waals surface area contributed by atoms with Crippen LogP contribution in [-0.2, 0) is 29.2 Å². The van der Waals surface area contributed by atoms with E-state index >= 15 is 0 Å². The second kappa shape index (κ2) is 17.1. The third-order valence-corrected chi connectivity index (χ3v) is 5.67. The second-order valence-corrected chi connectivity index (χ2v) is 8.33. The average Bonchev–Trinajstić information content (AvgIpc) is 2.65. The van der Waals surface area contributed by atoms with Crippen LogP contribution in [0.1, 0.15) is 58.8 Å². The van der Waals surface area contributed by atoms with Crippen LogP contribution in [0.5, 0.6) is 0 Å². The molecule has 0 aromatic rings. The van der Waals surface area contributed by atoms with Gasteiger partial charge in [0.05, 0.1) is 19.6 Å². The average molecular weight is 441 g/mol.